The second-order valence-electron chi connectivity index (χ2n) is 16.9. The van der Waals surface area contributed by atoms with E-state index in [1.54, 1.807) is 0 Å². The Kier molecular flexibility index (Phi) is 9.35. The Bertz CT molecular complexity index is 3940. The number of fused-ring (bicyclic) bond motifs is 7. The average molecular weight is 870 g/mol. The number of hydrogen-bond donors (Lipinski definition) is 0. The lowest BCUT2D eigenvalue weighted by Crippen LogP contribution is -2.06. The van der Waals surface area contributed by atoms with E-state index in [9.17, 15) is 0 Å². The topological polar surface area (TPSA) is 74.3 Å². The van der Waals surface area contributed by atoms with Crippen molar-refractivity contribution in [3.8, 4) is 79.4 Å². The third kappa shape index (κ3) is 6.64. The molecule has 4 aromatic heterocycles. The fourth-order valence-corrected chi connectivity index (χ4v) is 9.68. The van der Waals surface area contributed by atoms with Gasteiger partial charge >= 0.3 is 0 Å². The molecule has 13 aromatic rings. The van der Waals surface area contributed by atoms with Crippen LogP contribution in [0.4, 0.5) is 0 Å². The minimum absolute atomic E-state index is 0.547. The standard InChI is InChI=1S/C61H39N7/c1-5-19-40(20-6-1)41-33-35-45(36-34-41)59-64-58(44-25-11-4-12-26-44)65-61(66-59)68-52-31-17-14-28-47(52)57-55(68)38-37-54-56(57)46-27-13-16-30-51(46)67(54)53-32-18-15-29-48(53)60-62-49(42-21-7-2-8-22-42)39-50(63-60)43-23-9-3-10-24-43/h1-39H. The minimum Gasteiger partial charge on any atom is -0.308 e. The third-order valence-electron chi connectivity index (χ3n) is 12.8. The van der Waals surface area contributed by atoms with E-state index in [-0.39, 0.29) is 0 Å². The maximum absolute atomic E-state index is 5.29. The second kappa shape index (κ2) is 16.3. The molecule has 0 fully saturated rings. The van der Waals surface area contributed by atoms with Gasteiger partial charge in [-0.3, -0.25) is 4.57 Å². The lowest BCUT2D eigenvalue weighted by Gasteiger charge is -2.15. The molecule has 0 aliphatic carbocycles. The van der Waals surface area contributed by atoms with E-state index in [4.69, 9.17) is 24.9 Å². The van der Waals surface area contributed by atoms with Crippen molar-refractivity contribution < 1.29 is 0 Å². The highest BCUT2D eigenvalue weighted by Crippen LogP contribution is 2.43. The highest BCUT2D eigenvalue weighted by atomic mass is 15.2. The molecule has 0 saturated carbocycles. The first kappa shape index (κ1) is 39.1. The predicted molar refractivity (Wildman–Crippen MR) is 277 cm³/mol. The van der Waals surface area contributed by atoms with Gasteiger partial charge in [0, 0.05) is 49.4 Å². The van der Waals surface area contributed by atoms with E-state index in [2.05, 4.69) is 209 Å². The van der Waals surface area contributed by atoms with Crippen molar-refractivity contribution in [2.75, 3.05) is 0 Å². The maximum atomic E-state index is 5.29. The van der Waals surface area contributed by atoms with Crippen LogP contribution in [0, 0.1) is 0 Å². The SMILES string of the molecule is c1ccc(-c2ccc(-c3nc(-c4ccccc4)nc(-n4c5ccccc5c5c6c7ccccc7n(-c7ccccc7-c7nc(-c8ccccc8)cc(-c8ccccc8)n7)c6ccc54)n3)cc2)cc1. The van der Waals surface area contributed by atoms with E-state index in [0.717, 1.165) is 99.6 Å². The van der Waals surface area contributed by atoms with Gasteiger partial charge in [-0.2, -0.15) is 9.97 Å². The molecule has 0 bridgehead atoms. The van der Waals surface area contributed by atoms with E-state index in [0.29, 0.717) is 23.4 Å². The number of aromatic nitrogens is 7. The lowest BCUT2D eigenvalue weighted by atomic mass is 10.0. The molecule has 0 amide bonds. The van der Waals surface area contributed by atoms with E-state index in [1.165, 1.54) is 0 Å². The molecule has 0 unspecified atom stereocenters. The number of para-hydroxylation sites is 3. The molecular weight excluding hydrogens is 831 g/mol. The van der Waals surface area contributed by atoms with Gasteiger partial charge in [-0.25, -0.2) is 15.0 Å². The van der Waals surface area contributed by atoms with Crippen molar-refractivity contribution >= 4 is 43.6 Å². The molecular formula is C61H39N7. The Morgan fingerprint density at radius 1 is 0.265 bits per heavy atom. The summed E-state index contributed by atoms with van der Waals surface area (Å²) in [4.78, 5) is 26.2. The van der Waals surface area contributed by atoms with Gasteiger partial charge in [-0.05, 0) is 53.6 Å². The largest absolute Gasteiger partial charge is 0.308 e. The normalized spacial score (nSPS) is 11.5. The van der Waals surface area contributed by atoms with Crippen LogP contribution < -0.4 is 0 Å². The third-order valence-corrected chi connectivity index (χ3v) is 12.8. The van der Waals surface area contributed by atoms with Crippen LogP contribution in [0.3, 0.4) is 0 Å². The molecule has 318 valence electrons. The summed E-state index contributed by atoms with van der Waals surface area (Å²) in [6.07, 6.45) is 0. The first-order valence-corrected chi connectivity index (χ1v) is 22.8. The Morgan fingerprint density at radius 2 is 0.676 bits per heavy atom. The summed E-state index contributed by atoms with van der Waals surface area (Å²) in [6.45, 7) is 0. The van der Waals surface area contributed by atoms with Gasteiger partial charge in [0.25, 0.3) is 0 Å². The molecule has 0 aliphatic rings. The van der Waals surface area contributed by atoms with Gasteiger partial charge in [0.1, 0.15) is 0 Å². The molecule has 0 radical (unpaired) electrons. The zero-order valence-electron chi connectivity index (χ0n) is 36.6. The molecule has 13 rings (SSSR count). The van der Waals surface area contributed by atoms with Crippen LogP contribution >= 0.6 is 0 Å². The lowest BCUT2D eigenvalue weighted by molar-refractivity contribution is 0.953. The summed E-state index contributed by atoms with van der Waals surface area (Å²) in [5.41, 5.74) is 14.0. The Labute approximate surface area is 392 Å². The van der Waals surface area contributed by atoms with Crippen LogP contribution in [0.2, 0.25) is 0 Å². The molecule has 4 heterocycles. The van der Waals surface area contributed by atoms with Crippen LogP contribution in [-0.2, 0) is 0 Å². The van der Waals surface area contributed by atoms with Gasteiger partial charge in [0.2, 0.25) is 5.95 Å². The van der Waals surface area contributed by atoms with Crippen LogP contribution in [-0.4, -0.2) is 34.1 Å². The number of rotatable bonds is 8. The van der Waals surface area contributed by atoms with Crippen molar-refractivity contribution in [2.24, 2.45) is 0 Å². The summed E-state index contributed by atoms with van der Waals surface area (Å²) >= 11 is 0. The van der Waals surface area contributed by atoms with Crippen LogP contribution in [0.25, 0.3) is 123 Å². The van der Waals surface area contributed by atoms with Crippen LogP contribution in [0.1, 0.15) is 0 Å². The quantitative estimate of drug-likeness (QED) is 0.152. The predicted octanol–water partition coefficient (Wildman–Crippen LogP) is 14.9. The van der Waals surface area contributed by atoms with Gasteiger partial charge in [-0.15, -0.1) is 0 Å². The summed E-state index contributed by atoms with van der Waals surface area (Å²) in [5, 5.41) is 4.50. The molecule has 0 spiro atoms. The summed E-state index contributed by atoms with van der Waals surface area (Å²) in [7, 11) is 0. The summed E-state index contributed by atoms with van der Waals surface area (Å²) < 4.78 is 4.58. The van der Waals surface area contributed by atoms with Crippen molar-refractivity contribution in [2.45, 2.75) is 0 Å². The van der Waals surface area contributed by atoms with Crippen molar-refractivity contribution in [3.63, 3.8) is 0 Å². The van der Waals surface area contributed by atoms with Gasteiger partial charge in [0.15, 0.2) is 17.5 Å². The fourth-order valence-electron chi connectivity index (χ4n) is 9.68. The van der Waals surface area contributed by atoms with Gasteiger partial charge < -0.3 is 4.57 Å². The van der Waals surface area contributed by atoms with E-state index < -0.39 is 0 Å². The highest BCUT2D eigenvalue weighted by Gasteiger charge is 2.24. The molecule has 7 heteroatoms. The highest BCUT2D eigenvalue weighted by molar-refractivity contribution is 6.29. The van der Waals surface area contributed by atoms with E-state index in [1.807, 2.05) is 36.4 Å². The Balaban J connectivity index is 1.04. The minimum atomic E-state index is 0.547. The van der Waals surface area contributed by atoms with Gasteiger partial charge in [-0.1, -0.05) is 194 Å². The zero-order chi connectivity index (χ0) is 45.0. The number of hydrogen-bond acceptors (Lipinski definition) is 5. The smallest absolute Gasteiger partial charge is 0.238 e. The maximum Gasteiger partial charge on any atom is 0.238 e. The van der Waals surface area contributed by atoms with Gasteiger partial charge in [0.05, 0.1) is 39.1 Å². The number of nitrogens with zero attached hydrogens (tertiary/aromatic N) is 7. The molecule has 0 saturated heterocycles. The molecule has 7 nitrogen and oxygen atoms in total. The fraction of sp³-hybridized carbons (Fsp3) is 0. The van der Waals surface area contributed by atoms with Crippen LogP contribution in [0.5, 0.6) is 0 Å². The number of benzene rings is 9. The average Bonchev–Trinajstić information content (AvgIpc) is 3.94. The first-order chi connectivity index (χ1) is 33.7. The zero-order valence-corrected chi connectivity index (χ0v) is 36.6. The molecule has 0 N–H and O–H groups in total. The Hall–Kier alpha value is -9.33. The first-order valence-electron chi connectivity index (χ1n) is 22.8. The molecule has 68 heavy (non-hydrogen) atoms. The molecule has 9 aromatic carbocycles. The molecule has 0 atom stereocenters. The van der Waals surface area contributed by atoms with E-state index >= 15 is 0 Å². The summed E-state index contributed by atoms with van der Waals surface area (Å²) in [5.74, 6) is 2.40. The Morgan fingerprint density at radius 3 is 1.25 bits per heavy atom. The van der Waals surface area contributed by atoms with Crippen molar-refractivity contribution in [1.29, 1.82) is 0 Å². The van der Waals surface area contributed by atoms with Crippen molar-refractivity contribution in [1.82, 2.24) is 34.1 Å². The summed E-state index contributed by atoms with van der Waals surface area (Å²) in [6, 6.07) is 82.0. The molecule has 0 aliphatic heterocycles. The second-order valence-corrected chi connectivity index (χ2v) is 16.9. The van der Waals surface area contributed by atoms with Crippen LogP contribution in [0.15, 0.2) is 237 Å². The van der Waals surface area contributed by atoms with Crippen molar-refractivity contribution in [3.05, 3.63) is 237 Å². The monoisotopic (exact) mass is 869 g/mol.